The van der Waals surface area contributed by atoms with Crippen LogP contribution in [0.2, 0.25) is 0 Å². The highest BCUT2D eigenvalue weighted by Crippen LogP contribution is 2.22. The second-order valence-electron chi connectivity index (χ2n) is 4.80. The molecule has 0 aromatic heterocycles. The van der Waals surface area contributed by atoms with Crippen molar-refractivity contribution in [1.29, 1.82) is 0 Å². The van der Waals surface area contributed by atoms with Gasteiger partial charge in [0.25, 0.3) is 5.91 Å². The summed E-state index contributed by atoms with van der Waals surface area (Å²) >= 11 is 6.88. The van der Waals surface area contributed by atoms with Gasteiger partial charge in [-0.2, -0.15) is 0 Å². The molecule has 3 nitrogen and oxygen atoms in total. The van der Waals surface area contributed by atoms with E-state index in [9.17, 15) is 4.79 Å². The van der Waals surface area contributed by atoms with Crippen molar-refractivity contribution in [3.63, 3.8) is 0 Å². The molecule has 1 N–H and O–H groups in total. The van der Waals surface area contributed by atoms with Crippen molar-refractivity contribution in [1.82, 2.24) is 10.2 Å². The first-order chi connectivity index (χ1) is 9.11. The number of nitrogens with one attached hydrogen (secondary N) is 1. The number of halogens is 2. The van der Waals surface area contributed by atoms with Crippen molar-refractivity contribution in [3.05, 3.63) is 32.7 Å². The Bertz CT molecular complexity index is 439. The Labute approximate surface area is 131 Å². The summed E-state index contributed by atoms with van der Waals surface area (Å²) in [7, 11) is 0. The number of hydrogen-bond acceptors (Lipinski definition) is 2. The van der Waals surface area contributed by atoms with Crippen molar-refractivity contribution in [2.45, 2.75) is 25.8 Å². The van der Waals surface area contributed by atoms with E-state index in [1.807, 2.05) is 23.1 Å². The minimum atomic E-state index is 0.123. The van der Waals surface area contributed by atoms with Crippen molar-refractivity contribution in [3.8, 4) is 0 Å². The fourth-order valence-electron chi connectivity index (χ4n) is 2.44. The molecule has 104 valence electrons. The molecule has 0 aliphatic carbocycles. The van der Waals surface area contributed by atoms with Crippen LogP contribution in [0.15, 0.2) is 27.1 Å². The van der Waals surface area contributed by atoms with Crippen LogP contribution in [-0.4, -0.2) is 36.5 Å². The Morgan fingerprint density at radius 3 is 2.58 bits per heavy atom. The van der Waals surface area contributed by atoms with E-state index in [-0.39, 0.29) is 5.91 Å². The zero-order valence-corrected chi connectivity index (χ0v) is 14.1. The second kappa shape index (κ2) is 6.86. The Balaban J connectivity index is 2.22. The van der Waals surface area contributed by atoms with E-state index in [0.29, 0.717) is 6.04 Å². The van der Waals surface area contributed by atoms with Crippen molar-refractivity contribution >= 4 is 37.8 Å². The normalized spacial score (nSPS) is 18.6. The van der Waals surface area contributed by atoms with E-state index in [1.54, 1.807) is 0 Å². The van der Waals surface area contributed by atoms with Crippen LogP contribution < -0.4 is 5.32 Å². The smallest absolute Gasteiger partial charge is 0.254 e. The maximum atomic E-state index is 12.7. The molecular weight excluding hydrogens is 372 g/mol. The standard InChI is InChI=1S/C14H18Br2N2O/c1-2-5-18(13-3-4-17-9-13)14(19)10-6-11(15)8-12(16)7-10/h6-8,13,17H,2-5,9H2,1H3. The van der Waals surface area contributed by atoms with Gasteiger partial charge in [0, 0.05) is 33.6 Å². The average molecular weight is 390 g/mol. The number of carbonyl (C=O) groups excluding carboxylic acids is 1. The van der Waals surface area contributed by atoms with Crippen LogP contribution in [0.25, 0.3) is 0 Å². The lowest BCUT2D eigenvalue weighted by atomic mass is 10.1. The Hall–Kier alpha value is -0.390. The van der Waals surface area contributed by atoms with Crippen LogP contribution >= 0.6 is 31.9 Å². The van der Waals surface area contributed by atoms with Crippen LogP contribution in [0.1, 0.15) is 30.1 Å². The van der Waals surface area contributed by atoms with Gasteiger partial charge in [-0.3, -0.25) is 4.79 Å². The molecule has 1 aliphatic heterocycles. The van der Waals surface area contributed by atoms with Crippen molar-refractivity contribution in [2.75, 3.05) is 19.6 Å². The lowest BCUT2D eigenvalue weighted by Crippen LogP contribution is -2.42. The molecule has 1 aliphatic rings. The molecule has 5 heteroatoms. The first-order valence-corrected chi connectivity index (χ1v) is 8.18. The fourth-order valence-corrected chi connectivity index (χ4v) is 3.73. The molecule has 1 aromatic rings. The summed E-state index contributed by atoms with van der Waals surface area (Å²) in [5.41, 5.74) is 0.738. The number of hydrogen-bond donors (Lipinski definition) is 1. The van der Waals surface area contributed by atoms with Gasteiger partial charge < -0.3 is 10.2 Å². The van der Waals surface area contributed by atoms with Crippen LogP contribution in [-0.2, 0) is 0 Å². The SMILES string of the molecule is CCCN(C(=O)c1cc(Br)cc(Br)c1)C1CCNC1. The molecule has 1 aromatic carbocycles. The fraction of sp³-hybridized carbons (Fsp3) is 0.500. The van der Waals surface area contributed by atoms with Gasteiger partial charge in [-0.1, -0.05) is 38.8 Å². The Morgan fingerprint density at radius 1 is 1.37 bits per heavy atom. The van der Waals surface area contributed by atoms with E-state index < -0.39 is 0 Å². The number of carbonyl (C=O) groups is 1. The molecule has 0 saturated carbocycles. The summed E-state index contributed by atoms with van der Waals surface area (Å²) in [6, 6.07) is 6.04. The summed E-state index contributed by atoms with van der Waals surface area (Å²) in [6.45, 7) is 4.83. The van der Waals surface area contributed by atoms with Gasteiger partial charge in [-0.15, -0.1) is 0 Å². The molecule has 2 rings (SSSR count). The zero-order valence-electron chi connectivity index (χ0n) is 11.0. The maximum Gasteiger partial charge on any atom is 0.254 e. The summed E-state index contributed by atoms with van der Waals surface area (Å²) in [6.07, 6.45) is 2.03. The minimum absolute atomic E-state index is 0.123. The third-order valence-corrected chi connectivity index (χ3v) is 4.23. The summed E-state index contributed by atoms with van der Waals surface area (Å²) in [5, 5.41) is 3.33. The van der Waals surface area contributed by atoms with Crippen molar-refractivity contribution < 1.29 is 4.79 Å². The third-order valence-electron chi connectivity index (χ3n) is 3.31. The molecular formula is C14H18Br2N2O. The zero-order chi connectivity index (χ0) is 13.8. The first-order valence-electron chi connectivity index (χ1n) is 6.59. The minimum Gasteiger partial charge on any atom is -0.334 e. The van der Waals surface area contributed by atoms with Crippen LogP contribution in [0.5, 0.6) is 0 Å². The highest BCUT2D eigenvalue weighted by molar-refractivity contribution is 9.11. The van der Waals surface area contributed by atoms with E-state index in [0.717, 1.165) is 47.0 Å². The summed E-state index contributed by atoms with van der Waals surface area (Å²) in [4.78, 5) is 14.7. The van der Waals surface area contributed by atoms with Gasteiger partial charge in [0.1, 0.15) is 0 Å². The Morgan fingerprint density at radius 2 is 2.05 bits per heavy atom. The number of benzene rings is 1. The lowest BCUT2D eigenvalue weighted by molar-refractivity contribution is 0.0692. The van der Waals surface area contributed by atoms with E-state index in [2.05, 4.69) is 44.1 Å². The molecule has 0 radical (unpaired) electrons. The quantitative estimate of drug-likeness (QED) is 0.855. The number of nitrogens with zero attached hydrogens (tertiary/aromatic N) is 1. The van der Waals surface area contributed by atoms with E-state index >= 15 is 0 Å². The molecule has 1 saturated heterocycles. The molecule has 0 bridgehead atoms. The predicted molar refractivity (Wildman–Crippen MR) is 84.4 cm³/mol. The van der Waals surface area contributed by atoms with Gasteiger partial charge in [0.15, 0.2) is 0 Å². The highest BCUT2D eigenvalue weighted by Gasteiger charge is 2.26. The van der Waals surface area contributed by atoms with Crippen LogP contribution in [0, 0.1) is 0 Å². The lowest BCUT2D eigenvalue weighted by Gasteiger charge is -2.28. The molecule has 1 amide bonds. The van der Waals surface area contributed by atoms with E-state index in [4.69, 9.17) is 0 Å². The Kier molecular flexibility index (Phi) is 5.42. The largest absolute Gasteiger partial charge is 0.334 e. The molecule has 1 atom stereocenters. The first kappa shape index (κ1) is 15.0. The maximum absolute atomic E-state index is 12.7. The third kappa shape index (κ3) is 3.80. The van der Waals surface area contributed by atoms with Gasteiger partial charge in [-0.25, -0.2) is 0 Å². The van der Waals surface area contributed by atoms with Gasteiger partial charge in [-0.05, 0) is 37.6 Å². The van der Waals surface area contributed by atoms with E-state index in [1.165, 1.54) is 0 Å². The van der Waals surface area contributed by atoms with Gasteiger partial charge >= 0.3 is 0 Å². The molecule has 1 heterocycles. The molecule has 1 unspecified atom stereocenters. The number of amides is 1. The second-order valence-corrected chi connectivity index (χ2v) is 6.63. The van der Waals surface area contributed by atoms with Crippen LogP contribution in [0.3, 0.4) is 0 Å². The van der Waals surface area contributed by atoms with Crippen molar-refractivity contribution in [2.24, 2.45) is 0 Å². The summed E-state index contributed by atoms with van der Waals surface area (Å²) < 4.78 is 1.84. The predicted octanol–water partition coefficient (Wildman–Crippen LogP) is 3.43. The monoisotopic (exact) mass is 388 g/mol. The highest BCUT2D eigenvalue weighted by atomic mass is 79.9. The average Bonchev–Trinajstić information content (AvgIpc) is 2.87. The molecule has 19 heavy (non-hydrogen) atoms. The van der Waals surface area contributed by atoms with Crippen LogP contribution in [0.4, 0.5) is 0 Å². The topological polar surface area (TPSA) is 32.3 Å². The van der Waals surface area contributed by atoms with Gasteiger partial charge in [0.2, 0.25) is 0 Å². The summed E-state index contributed by atoms with van der Waals surface area (Å²) in [5.74, 6) is 0.123. The van der Waals surface area contributed by atoms with Gasteiger partial charge in [0.05, 0.1) is 0 Å². The number of rotatable bonds is 4. The molecule has 0 spiro atoms. The molecule has 1 fully saturated rings.